The Morgan fingerprint density at radius 2 is 2.27 bits per heavy atom. The molecule has 2 heterocycles. The van der Waals surface area contributed by atoms with E-state index >= 15 is 0 Å². The van der Waals surface area contributed by atoms with Gasteiger partial charge in [-0.25, -0.2) is 0 Å². The number of piperidine rings is 1. The van der Waals surface area contributed by atoms with E-state index in [4.69, 9.17) is 0 Å². The number of hydrogen-bond donors (Lipinski definition) is 1. The highest BCUT2D eigenvalue weighted by molar-refractivity contribution is 7.15. The summed E-state index contributed by atoms with van der Waals surface area (Å²) < 4.78 is 0. The molecule has 1 N–H and O–H groups in total. The summed E-state index contributed by atoms with van der Waals surface area (Å²) in [6.07, 6.45) is 3.52. The summed E-state index contributed by atoms with van der Waals surface area (Å²) in [5, 5.41) is 14.1. The van der Waals surface area contributed by atoms with E-state index in [1.54, 1.807) is 6.07 Å². The first-order chi connectivity index (χ1) is 6.77. The smallest absolute Gasteiger partial charge is 0.309 e. The van der Waals surface area contributed by atoms with Crippen LogP contribution in [0.5, 0.6) is 0 Å². The van der Waals surface area contributed by atoms with Crippen LogP contribution in [-0.2, 0) is 0 Å². The van der Waals surface area contributed by atoms with Crippen LogP contribution in [-0.4, -0.2) is 11.5 Å². The maximum Gasteiger partial charge on any atom is 0.324 e. The lowest BCUT2D eigenvalue weighted by Crippen LogP contribution is -2.25. The van der Waals surface area contributed by atoms with Crippen LogP contribution >= 0.6 is 23.7 Å². The maximum absolute atomic E-state index is 10.5. The molecular formula is C9H13ClN2O2S. The Morgan fingerprint density at radius 3 is 2.80 bits per heavy atom. The molecule has 1 aliphatic heterocycles. The molecule has 0 amide bonds. The third-order valence-electron chi connectivity index (χ3n) is 2.45. The van der Waals surface area contributed by atoms with Crippen molar-refractivity contribution in [2.45, 2.75) is 25.3 Å². The maximum atomic E-state index is 10.5. The highest BCUT2D eigenvalue weighted by Crippen LogP contribution is 2.32. The van der Waals surface area contributed by atoms with Gasteiger partial charge in [-0.2, -0.15) is 0 Å². The van der Waals surface area contributed by atoms with E-state index in [2.05, 4.69) is 5.32 Å². The molecule has 1 saturated heterocycles. The van der Waals surface area contributed by atoms with Crippen LogP contribution in [0.25, 0.3) is 0 Å². The first-order valence-electron chi connectivity index (χ1n) is 4.75. The molecule has 0 saturated carbocycles. The highest BCUT2D eigenvalue weighted by atomic mass is 35.5. The van der Waals surface area contributed by atoms with Gasteiger partial charge in [0.05, 0.1) is 4.92 Å². The number of hydrogen-bond acceptors (Lipinski definition) is 4. The largest absolute Gasteiger partial charge is 0.324 e. The van der Waals surface area contributed by atoms with Crippen molar-refractivity contribution in [2.75, 3.05) is 6.54 Å². The lowest BCUT2D eigenvalue weighted by atomic mass is 10.0. The Labute approximate surface area is 98.2 Å². The minimum Gasteiger partial charge on any atom is -0.309 e. The van der Waals surface area contributed by atoms with Gasteiger partial charge in [0.15, 0.2) is 0 Å². The van der Waals surface area contributed by atoms with Crippen molar-refractivity contribution in [3.8, 4) is 0 Å². The summed E-state index contributed by atoms with van der Waals surface area (Å²) in [4.78, 5) is 11.3. The molecule has 0 aromatic carbocycles. The lowest BCUT2D eigenvalue weighted by molar-refractivity contribution is -0.380. The van der Waals surface area contributed by atoms with Crippen LogP contribution in [0.2, 0.25) is 0 Å². The van der Waals surface area contributed by atoms with Crippen LogP contribution in [0, 0.1) is 10.1 Å². The van der Waals surface area contributed by atoms with Gasteiger partial charge in [0.25, 0.3) is 0 Å². The molecule has 2 rings (SSSR count). The Hall–Kier alpha value is -0.650. The molecular weight excluding hydrogens is 236 g/mol. The van der Waals surface area contributed by atoms with E-state index in [1.807, 2.05) is 6.07 Å². The molecule has 1 aromatic heterocycles. The second kappa shape index (κ2) is 5.44. The Morgan fingerprint density at radius 1 is 1.47 bits per heavy atom. The van der Waals surface area contributed by atoms with Gasteiger partial charge in [0.2, 0.25) is 0 Å². The lowest BCUT2D eigenvalue weighted by Gasteiger charge is -2.21. The summed E-state index contributed by atoms with van der Waals surface area (Å²) in [5.74, 6) is 0. The average molecular weight is 249 g/mol. The van der Waals surface area contributed by atoms with Crippen molar-refractivity contribution >= 4 is 28.7 Å². The second-order valence-corrected chi connectivity index (χ2v) is 4.53. The normalized spacial score (nSPS) is 20.7. The van der Waals surface area contributed by atoms with Gasteiger partial charge in [-0.3, -0.25) is 10.1 Å². The van der Waals surface area contributed by atoms with Gasteiger partial charge in [0, 0.05) is 17.0 Å². The zero-order valence-corrected chi connectivity index (χ0v) is 9.77. The SMILES string of the molecule is Cl.O=[N+]([O-])c1ccc([C@H]2CCCCN2)s1. The van der Waals surface area contributed by atoms with Crippen LogP contribution in [0.4, 0.5) is 5.00 Å². The minimum absolute atomic E-state index is 0. The minimum atomic E-state index is -0.322. The molecule has 0 spiro atoms. The number of thiophene rings is 1. The first-order valence-corrected chi connectivity index (χ1v) is 5.56. The summed E-state index contributed by atoms with van der Waals surface area (Å²) in [6, 6.07) is 3.80. The van der Waals surface area contributed by atoms with E-state index in [1.165, 1.54) is 24.2 Å². The van der Waals surface area contributed by atoms with E-state index in [-0.39, 0.29) is 22.3 Å². The van der Waals surface area contributed by atoms with E-state index in [0.29, 0.717) is 6.04 Å². The zero-order valence-electron chi connectivity index (χ0n) is 8.14. The van der Waals surface area contributed by atoms with Crippen molar-refractivity contribution in [3.05, 3.63) is 27.1 Å². The number of nitrogens with zero attached hydrogens (tertiary/aromatic N) is 1. The van der Waals surface area contributed by atoms with Gasteiger partial charge < -0.3 is 5.32 Å². The molecule has 0 aliphatic carbocycles. The summed E-state index contributed by atoms with van der Waals surface area (Å²) in [5.41, 5.74) is 0. The van der Waals surface area contributed by atoms with Gasteiger partial charge in [0.1, 0.15) is 0 Å². The van der Waals surface area contributed by atoms with E-state index < -0.39 is 0 Å². The van der Waals surface area contributed by atoms with Gasteiger partial charge in [-0.1, -0.05) is 17.8 Å². The molecule has 1 aromatic rings. The topological polar surface area (TPSA) is 55.2 Å². The molecule has 0 radical (unpaired) electrons. The predicted molar refractivity (Wildman–Crippen MR) is 62.8 cm³/mol. The van der Waals surface area contributed by atoms with Gasteiger partial charge >= 0.3 is 5.00 Å². The van der Waals surface area contributed by atoms with Crippen molar-refractivity contribution in [1.82, 2.24) is 5.32 Å². The molecule has 4 nitrogen and oxygen atoms in total. The van der Waals surface area contributed by atoms with E-state index in [0.717, 1.165) is 17.8 Å². The van der Waals surface area contributed by atoms with Crippen molar-refractivity contribution in [2.24, 2.45) is 0 Å². The second-order valence-electron chi connectivity index (χ2n) is 3.44. The van der Waals surface area contributed by atoms with Crippen molar-refractivity contribution < 1.29 is 4.92 Å². The van der Waals surface area contributed by atoms with Crippen molar-refractivity contribution in [3.63, 3.8) is 0 Å². The van der Waals surface area contributed by atoms with Crippen LogP contribution < -0.4 is 5.32 Å². The van der Waals surface area contributed by atoms with Gasteiger partial charge in [-0.15, -0.1) is 12.4 Å². The fourth-order valence-electron chi connectivity index (χ4n) is 1.72. The first kappa shape index (κ1) is 12.4. The Kier molecular flexibility index (Phi) is 4.50. The number of rotatable bonds is 2. The summed E-state index contributed by atoms with van der Waals surface area (Å²) in [7, 11) is 0. The molecule has 1 aliphatic rings. The number of nitrogens with one attached hydrogen (secondary N) is 1. The molecule has 6 heteroatoms. The summed E-state index contributed by atoms with van der Waals surface area (Å²) >= 11 is 1.29. The third-order valence-corrected chi connectivity index (χ3v) is 3.60. The quantitative estimate of drug-likeness (QED) is 0.647. The average Bonchev–Trinajstić information content (AvgIpc) is 2.68. The summed E-state index contributed by atoms with van der Waals surface area (Å²) in [6.45, 7) is 1.02. The molecule has 84 valence electrons. The monoisotopic (exact) mass is 248 g/mol. The van der Waals surface area contributed by atoms with Crippen LogP contribution in [0.1, 0.15) is 30.2 Å². The highest BCUT2D eigenvalue weighted by Gasteiger charge is 2.19. The predicted octanol–water partition coefficient (Wildman–Crippen LogP) is 2.89. The van der Waals surface area contributed by atoms with Crippen molar-refractivity contribution in [1.29, 1.82) is 0 Å². The molecule has 0 bridgehead atoms. The van der Waals surface area contributed by atoms with Crippen LogP contribution in [0.15, 0.2) is 12.1 Å². The van der Waals surface area contributed by atoms with E-state index in [9.17, 15) is 10.1 Å². The fraction of sp³-hybridized carbons (Fsp3) is 0.556. The number of halogens is 1. The number of nitro groups is 1. The molecule has 1 fully saturated rings. The standard InChI is InChI=1S/C9H12N2O2S.ClH/c12-11(13)9-5-4-8(14-9)7-3-1-2-6-10-7;/h4-5,7,10H,1-3,6H2;1H/t7-;/m1./s1. The zero-order chi connectivity index (χ0) is 9.97. The fourth-order valence-corrected chi connectivity index (χ4v) is 2.65. The Bertz CT molecular complexity index is 337. The van der Waals surface area contributed by atoms with Crippen LogP contribution in [0.3, 0.4) is 0 Å². The molecule has 15 heavy (non-hydrogen) atoms. The molecule has 1 atom stereocenters. The van der Waals surface area contributed by atoms with Gasteiger partial charge in [-0.05, 0) is 25.5 Å². The Balaban J connectivity index is 0.00000112. The molecule has 0 unspecified atom stereocenters. The third kappa shape index (κ3) is 2.90.